The third-order valence-corrected chi connectivity index (χ3v) is 2.99. The molecule has 2 nitrogen and oxygen atoms in total. The van der Waals surface area contributed by atoms with Gasteiger partial charge in [0, 0.05) is 17.8 Å². The molecule has 0 aliphatic rings. The Labute approximate surface area is 100 Å². The van der Waals surface area contributed by atoms with Gasteiger partial charge in [-0.2, -0.15) is 13.2 Å². The largest absolute Gasteiger partial charge is 0.418 e. The molecule has 0 saturated carbocycles. The van der Waals surface area contributed by atoms with E-state index in [1.54, 1.807) is 5.51 Å². The first-order valence-corrected chi connectivity index (χ1v) is 5.89. The van der Waals surface area contributed by atoms with Crippen LogP contribution in [0.3, 0.4) is 0 Å². The van der Waals surface area contributed by atoms with Gasteiger partial charge < -0.3 is 0 Å². The summed E-state index contributed by atoms with van der Waals surface area (Å²) in [6.45, 7) is 0. The molecule has 90 valence electrons. The van der Waals surface area contributed by atoms with Crippen molar-refractivity contribution in [2.24, 2.45) is 0 Å². The summed E-state index contributed by atoms with van der Waals surface area (Å²) in [7, 11) is 0. The molecule has 0 unspecified atom stereocenters. The standard InChI is InChI=1S/C11H9F3N2S/c12-11(13,14)10-5-15-4-3-8(10)1-2-9-6-17-7-16-9/h3-7H,1-2H2. The lowest BCUT2D eigenvalue weighted by atomic mass is 10.0. The van der Waals surface area contributed by atoms with E-state index in [-0.39, 0.29) is 5.56 Å². The van der Waals surface area contributed by atoms with Crippen molar-refractivity contribution in [3.05, 3.63) is 46.2 Å². The summed E-state index contributed by atoms with van der Waals surface area (Å²) in [6.07, 6.45) is -1.26. The highest BCUT2D eigenvalue weighted by atomic mass is 32.1. The molecule has 0 atom stereocenters. The zero-order valence-electron chi connectivity index (χ0n) is 8.74. The number of aryl methyl sites for hydroxylation is 2. The molecule has 0 N–H and O–H groups in total. The predicted octanol–water partition coefficient (Wildman–Crippen LogP) is 3.34. The van der Waals surface area contributed by atoms with Crippen LogP contribution >= 0.6 is 11.3 Å². The maximum Gasteiger partial charge on any atom is 0.418 e. The maximum absolute atomic E-state index is 12.7. The van der Waals surface area contributed by atoms with Gasteiger partial charge in [0.25, 0.3) is 0 Å². The van der Waals surface area contributed by atoms with Crippen LogP contribution in [0.1, 0.15) is 16.8 Å². The van der Waals surface area contributed by atoms with Crippen molar-refractivity contribution in [3.63, 3.8) is 0 Å². The maximum atomic E-state index is 12.7. The van der Waals surface area contributed by atoms with Crippen LogP contribution in [0.2, 0.25) is 0 Å². The molecule has 6 heteroatoms. The van der Waals surface area contributed by atoms with E-state index in [4.69, 9.17) is 0 Å². The predicted molar refractivity (Wildman–Crippen MR) is 58.8 cm³/mol. The molecule has 17 heavy (non-hydrogen) atoms. The van der Waals surface area contributed by atoms with E-state index in [0.717, 1.165) is 11.9 Å². The molecule has 2 aromatic heterocycles. The van der Waals surface area contributed by atoms with Gasteiger partial charge in [-0.25, -0.2) is 4.98 Å². The fourth-order valence-electron chi connectivity index (χ4n) is 1.52. The Hall–Kier alpha value is -1.43. The summed E-state index contributed by atoms with van der Waals surface area (Å²) in [6, 6.07) is 1.41. The first-order chi connectivity index (χ1) is 8.07. The molecule has 2 heterocycles. The minimum Gasteiger partial charge on any atom is -0.264 e. The summed E-state index contributed by atoms with van der Waals surface area (Å²) in [5.41, 5.74) is 2.10. The second-order valence-corrected chi connectivity index (χ2v) is 4.23. The molecular weight excluding hydrogens is 249 g/mol. The average molecular weight is 258 g/mol. The van der Waals surface area contributed by atoms with Crippen molar-refractivity contribution < 1.29 is 13.2 Å². The molecule has 0 spiro atoms. The van der Waals surface area contributed by atoms with E-state index in [1.165, 1.54) is 23.6 Å². The molecule has 0 saturated heterocycles. The van der Waals surface area contributed by atoms with Gasteiger partial charge in [-0.15, -0.1) is 11.3 Å². The second kappa shape index (κ2) is 4.83. The Morgan fingerprint density at radius 2 is 2.06 bits per heavy atom. The van der Waals surface area contributed by atoms with Crippen molar-refractivity contribution >= 4 is 11.3 Å². The first-order valence-electron chi connectivity index (χ1n) is 4.94. The van der Waals surface area contributed by atoms with Gasteiger partial charge in [-0.3, -0.25) is 4.98 Å². The van der Waals surface area contributed by atoms with Gasteiger partial charge in [0.15, 0.2) is 0 Å². The van der Waals surface area contributed by atoms with Crippen molar-refractivity contribution in [1.29, 1.82) is 0 Å². The molecule has 0 radical (unpaired) electrons. The van der Waals surface area contributed by atoms with E-state index in [0.29, 0.717) is 12.8 Å². The monoisotopic (exact) mass is 258 g/mol. The van der Waals surface area contributed by atoms with Crippen LogP contribution in [0.25, 0.3) is 0 Å². The van der Waals surface area contributed by atoms with E-state index in [1.807, 2.05) is 5.38 Å². The highest BCUT2D eigenvalue weighted by Gasteiger charge is 2.33. The molecule has 0 amide bonds. The quantitative estimate of drug-likeness (QED) is 0.843. The third kappa shape index (κ3) is 3.03. The molecule has 2 rings (SSSR count). The fraction of sp³-hybridized carbons (Fsp3) is 0.273. The van der Waals surface area contributed by atoms with Gasteiger partial charge in [0.1, 0.15) is 0 Å². The van der Waals surface area contributed by atoms with E-state index in [2.05, 4.69) is 9.97 Å². The van der Waals surface area contributed by atoms with Crippen LogP contribution in [0.15, 0.2) is 29.4 Å². The van der Waals surface area contributed by atoms with E-state index < -0.39 is 11.7 Å². The summed E-state index contributed by atoms with van der Waals surface area (Å²) < 4.78 is 38.0. The fourth-order valence-corrected chi connectivity index (χ4v) is 2.11. The number of rotatable bonds is 3. The Kier molecular flexibility index (Phi) is 3.42. The van der Waals surface area contributed by atoms with Crippen molar-refractivity contribution in [3.8, 4) is 0 Å². The Balaban J connectivity index is 2.16. The summed E-state index contributed by atoms with van der Waals surface area (Å²) in [4.78, 5) is 7.57. The van der Waals surface area contributed by atoms with Gasteiger partial charge >= 0.3 is 6.18 Å². The van der Waals surface area contributed by atoms with Gasteiger partial charge in [0.05, 0.1) is 16.8 Å². The number of nitrogens with zero attached hydrogens (tertiary/aromatic N) is 2. The minimum atomic E-state index is -4.34. The highest BCUT2D eigenvalue weighted by Crippen LogP contribution is 2.31. The zero-order chi connectivity index (χ0) is 12.3. The minimum absolute atomic E-state index is 0.264. The van der Waals surface area contributed by atoms with Crippen molar-refractivity contribution in [1.82, 2.24) is 9.97 Å². The lowest BCUT2D eigenvalue weighted by molar-refractivity contribution is -0.138. The van der Waals surface area contributed by atoms with Crippen LogP contribution in [-0.4, -0.2) is 9.97 Å². The topological polar surface area (TPSA) is 25.8 Å². The number of hydrogen-bond donors (Lipinski definition) is 0. The van der Waals surface area contributed by atoms with Gasteiger partial charge in [0.2, 0.25) is 0 Å². The molecule has 0 aromatic carbocycles. The lowest BCUT2D eigenvalue weighted by Crippen LogP contribution is -2.10. The van der Waals surface area contributed by atoms with Gasteiger partial charge in [-0.1, -0.05) is 0 Å². The molecule has 0 aliphatic heterocycles. The summed E-state index contributed by atoms with van der Waals surface area (Å²) in [5, 5.41) is 1.84. The van der Waals surface area contributed by atoms with E-state index in [9.17, 15) is 13.2 Å². The summed E-state index contributed by atoms with van der Waals surface area (Å²) >= 11 is 1.44. The van der Waals surface area contributed by atoms with Crippen LogP contribution in [0, 0.1) is 0 Å². The smallest absolute Gasteiger partial charge is 0.264 e. The Morgan fingerprint density at radius 3 is 2.71 bits per heavy atom. The SMILES string of the molecule is FC(F)(F)c1cnccc1CCc1cscn1. The van der Waals surface area contributed by atoms with Crippen LogP contribution in [0.4, 0.5) is 13.2 Å². The third-order valence-electron chi connectivity index (χ3n) is 2.35. The zero-order valence-corrected chi connectivity index (χ0v) is 9.55. The number of hydrogen-bond acceptors (Lipinski definition) is 3. The number of alkyl halides is 3. The van der Waals surface area contributed by atoms with E-state index >= 15 is 0 Å². The number of pyridine rings is 1. The number of thiazole rings is 1. The Bertz CT molecular complexity index is 480. The molecule has 0 bridgehead atoms. The molecule has 2 aromatic rings. The molecule has 0 aliphatic carbocycles. The normalized spacial score (nSPS) is 11.7. The van der Waals surface area contributed by atoms with Gasteiger partial charge in [-0.05, 0) is 24.5 Å². The molecular formula is C11H9F3N2S. The van der Waals surface area contributed by atoms with Crippen LogP contribution in [-0.2, 0) is 19.0 Å². The highest BCUT2D eigenvalue weighted by molar-refractivity contribution is 7.07. The van der Waals surface area contributed by atoms with Crippen LogP contribution in [0.5, 0.6) is 0 Å². The number of aromatic nitrogens is 2. The lowest BCUT2D eigenvalue weighted by Gasteiger charge is -2.11. The average Bonchev–Trinajstić information content (AvgIpc) is 2.78. The Morgan fingerprint density at radius 1 is 1.24 bits per heavy atom. The van der Waals surface area contributed by atoms with Crippen LogP contribution < -0.4 is 0 Å². The summed E-state index contributed by atoms with van der Waals surface area (Å²) in [5.74, 6) is 0. The second-order valence-electron chi connectivity index (χ2n) is 3.51. The number of halogens is 3. The van der Waals surface area contributed by atoms with Crippen molar-refractivity contribution in [2.75, 3.05) is 0 Å². The first kappa shape index (κ1) is 12.0. The van der Waals surface area contributed by atoms with Crippen molar-refractivity contribution in [2.45, 2.75) is 19.0 Å². The molecule has 0 fully saturated rings.